The molecular weight excluding hydrogens is 380 g/mol. The lowest BCUT2D eigenvalue weighted by Gasteiger charge is -2.26. The van der Waals surface area contributed by atoms with E-state index in [0.29, 0.717) is 32.9 Å². The molecule has 0 fully saturated rings. The van der Waals surface area contributed by atoms with Gasteiger partial charge in [-0.2, -0.15) is 0 Å². The first-order chi connectivity index (χ1) is 14.7. The number of anilines is 1. The minimum Gasteiger partial charge on any atom is -0.382 e. The number of ether oxygens (including phenoxy) is 2. The zero-order valence-corrected chi connectivity index (χ0v) is 17.1. The molecule has 6 heteroatoms. The van der Waals surface area contributed by atoms with Crippen molar-refractivity contribution in [1.82, 2.24) is 5.32 Å². The van der Waals surface area contributed by atoms with Gasteiger partial charge in [0.25, 0.3) is 0 Å². The quantitative estimate of drug-likeness (QED) is 0.513. The molecule has 0 unspecified atom stereocenters. The molecular formula is C24H26N2O4. The van der Waals surface area contributed by atoms with Crippen LogP contribution in [0.3, 0.4) is 0 Å². The molecule has 0 radical (unpaired) electrons. The van der Waals surface area contributed by atoms with Gasteiger partial charge in [0.15, 0.2) is 0 Å². The van der Waals surface area contributed by atoms with Crippen LogP contribution in [0.5, 0.6) is 0 Å². The highest BCUT2D eigenvalue weighted by Gasteiger charge is 2.21. The van der Waals surface area contributed by atoms with Crippen LogP contribution in [0.4, 0.5) is 5.69 Å². The first-order valence-corrected chi connectivity index (χ1v) is 10.0. The van der Waals surface area contributed by atoms with E-state index in [2.05, 4.69) is 17.2 Å². The summed E-state index contributed by atoms with van der Waals surface area (Å²) in [6, 6.07) is 15.4. The maximum atomic E-state index is 13.0. The van der Waals surface area contributed by atoms with Crippen molar-refractivity contribution >= 4 is 17.5 Å². The van der Waals surface area contributed by atoms with Gasteiger partial charge in [-0.25, -0.2) is 0 Å². The van der Waals surface area contributed by atoms with Gasteiger partial charge in [0.1, 0.15) is 0 Å². The lowest BCUT2D eigenvalue weighted by atomic mass is 10.0. The third-order valence-electron chi connectivity index (χ3n) is 4.74. The standard InChI is InChI=1S/C24H26N2O4/c1-29-16-17-30-15-14-25-23(27)12-13-24(28)26-18-21-8-3-2-6-19(21)10-11-20-7-4-5-9-22(20)26/h2-9H,12-18H2,1H3,(H,25,27). The second-order valence-electron chi connectivity index (χ2n) is 6.86. The maximum Gasteiger partial charge on any atom is 0.227 e. The molecule has 0 saturated carbocycles. The van der Waals surface area contributed by atoms with E-state index in [1.54, 1.807) is 12.0 Å². The predicted octanol–water partition coefficient (Wildman–Crippen LogP) is 2.49. The highest BCUT2D eigenvalue weighted by Crippen LogP contribution is 2.26. The van der Waals surface area contributed by atoms with Gasteiger partial charge in [0.05, 0.1) is 32.1 Å². The molecule has 0 spiro atoms. The normalized spacial score (nSPS) is 12.0. The Hall–Kier alpha value is -3.14. The fourth-order valence-corrected chi connectivity index (χ4v) is 3.16. The highest BCUT2D eigenvalue weighted by atomic mass is 16.5. The third-order valence-corrected chi connectivity index (χ3v) is 4.74. The first-order valence-electron chi connectivity index (χ1n) is 10.0. The minimum absolute atomic E-state index is 0.104. The fraction of sp³-hybridized carbons (Fsp3) is 0.333. The van der Waals surface area contributed by atoms with Gasteiger partial charge in [-0.1, -0.05) is 42.2 Å². The Labute approximate surface area is 177 Å². The van der Waals surface area contributed by atoms with Crippen molar-refractivity contribution in [2.45, 2.75) is 19.4 Å². The molecule has 2 aromatic carbocycles. The summed E-state index contributed by atoms with van der Waals surface area (Å²) in [5.74, 6) is 6.10. The predicted molar refractivity (Wildman–Crippen MR) is 115 cm³/mol. The molecule has 2 amide bonds. The summed E-state index contributed by atoms with van der Waals surface area (Å²) in [6.07, 6.45) is 0.253. The number of carbonyl (C=O) groups is 2. The molecule has 0 bridgehead atoms. The number of rotatable bonds is 9. The molecule has 3 rings (SSSR count). The van der Waals surface area contributed by atoms with E-state index in [0.717, 1.165) is 22.4 Å². The lowest BCUT2D eigenvalue weighted by Crippen LogP contribution is -2.33. The summed E-state index contributed by atoms with van der Waals surface area (Å²) in [5.41, 5.74) is 3.48. The summed E-state index contributed by atoms with van der Waals surface area (Å²) in [7, 11) is 1.61. The SMILES string of the molecule is COCCOCCNC(=O)CCC(=O)N1Cc2ccccc2C#Cc2ccccc21. The van der Waals surface area contributed by atoms with E-state index in [1.807, 2.05) is 48.5 Å². The lowest BCUT2D eigenvalue weighted by molar-refractivity contribution is -0.125. The van der Waals surface area contributed by atoms with Gasteiger partial charge in [-0.05, 0) is 23.8 Å². The number of amides is 2. The summed E-state index contributed by atoms with van der Waals surface area (Å²) >= 11 is 0. The molecule has 0 saturated heterocycles. The van der Waals surface area contributed by atoms with Crippen molar-refractivity contribution in [3.63, 3.8) is 0 Å². The van der Waals surface area contributed by atoms with Gasteiger partial charge >= 0.3 is 0 Å². The average Bonchev–Trinajstić information content (AvgIpc) is 2.76. The average molecular weight is 406 g/mol. The van der Waals surface area contributed by atoms with Crippen LogP contribution >= 0.6 is 0 Å². The van der Waals surface area contributed by atoms with Gasteiger partial charge in [0.2, 0.25) is 11.8 Å². The molecule has 0 atom stereocenters. The first kappa shape index (κ1) is 21.6. The van der Waals surface area contributed by atoms with Crippen LogP contribution in [-0.4, -0.2) is 45.3 Å². The monoisotopic (exact) mass is 406 g/mol. The summed E-state index contributed by atoms with van der Waals surface area (Å²) in [6.45, 7) is 2.26. The van der Waals surface area contributed by atoms with Crippen molar-refractivity contribution in [2.24, 2.45) is 0 Å². The third kappa shape index (κ3) is 5.93. The van der Waals surface area contributed by atoms with Crippen molar-refractivity contribution in [3.05, 3.63) is 65.2 Å². The second-order valence-corrected chi connectivity index (χ2v) is 6.86. The van der Waals surface area contributed by atoms with Crippen LogP contribution < -0.4 is 10.2 Å². The van der Waals surface area contributed by atoms with E-state index in [9.17, 15) is 9.59 Å². The molecule has 30 heavy (non-hydrogen) atoms. The Morgan fingerprint density at radius 3 is 2.53 bits per heavy atom. The van der Waals surface area contributed by atoms with Crippen molar-refractivity contribution in [1.29, 1.82) is 0 Å². The Morgan fingerprint density at radius 1 is 0.967 bits per heavy atom. The van der Waals surface area contributed by atoms with E-state index < -0.39 is 0 Å². The van der Waals surface area contributed by atoms with E-state index in [1.165, 1.54) is 0 Å². The summed E-state index contributed by atoms with van der Waals surface area (Å²) in [5, 5.41) is 2.78. The summed E-state index contributed by atoms with van der Waals surface area (Å²) in [4.78, 5) is 26.9. The zero-order chi connectivity index (χ0) is 21.2. The number of para-hydroxylation sites is 1. The molecule has 1 aliphatic heterocycles. The van der Waals surface area contributed by atoms with Crippen LogP contribution in [0.15, 0.2) is 48.5 Å². The smallest absolute Gasteiger partial charge is 0.227 e. The number of methoxy groups -OCH3 is 1. The largest absolute Gasteiger partial charge is 0.382 e. The number of fused-ring (bicyclic) bond motifs is 2. The second kappa shape index (κ2) is 11.1. The number of hydrogen-bond donors (Lipinski definition) is 1. The number of carbonyl (C=O) groups excluding carboxylic acids is 2. The Bertz CT molecular complexity index is 945. The van der Waals surface area contributed by atoms with E-state index >= 15 is 0 Å². The fourth-order valence-electron chi connectivity index (χ4n) is 3.16. The number of hydrogen-bond acceptors (Lipinski definition) is 4. The van der Waals surface area contributed by atoms with E-state index in [-0.39, 0.29) is 24.7 Å². The van der Waals surface area contributed by atoms with Crippen LogP contribution in [0.2, 0.25) is 0 Å². The topological polar surface area (TPSA) is 67.9 Å². The Balaban J connectivity index is 1.61. The molecule has 1 aliphatic rings. The van der Waals surface area contributed by atoms with Crippen LogP contribution in [0, 0.1) is 11.8 Å². The molecule has 0 aromatic heterocycles. The molecule has 0 aliphatic carbocycles. The number of nitrogens with zero attached hydrogens (tertiary/aromatic N) is 1. The van der Waals surface area contributed by atoms with Crippen LogP contribution in [0.25, 0.3) is 0 Å². The molecule has 156 valence electrons. The molecule has 6 nitrogen and oxygen atoms in total. The van der Waals surface area contributed by atoms with Crippen LogP contribution in [0.1, 0.15) is 29.5 Å². The Kier molecular flexibility index (Phi) is 8.02. The van der Waals surface area contributed by atoms with Gasteiger partial charge in [-0.3, -0.25) is 9.59 Å². The van der Waals surface area contributed by atoms with Crippen molar-refractivity contribution in [3.8, 4) is 11.8 Å². The summed E-state index contributed by atoms with van der Waals surface area (Å²) < 4.78 is 10.2. The Morgan fingerprint density at radius 2 is 1.70 bits per heavy atom. The molecule has 1 N–H and O–H groups in total. The van der Waals surface area contributed by atoms with Crippen molar-refractivity contribution in [2.75, 3.05) is 38.4 Å². The molecule has 1 heterocycles. The number of benzene rings is 2. The van der Waals surface area contributed by atoms with Crippen LogP contribution in [-0.2, 0) is 25.6 Å². The minimum atomic E-state index is -0.167. The van der Waals surface area contributed by atoms with Gasteiger partial charge in [0, 0.05) is 37.6 Å². The maximum absolute atomic E-state index is 13.0. The van der Waals surface area contributed by atoms with Gasteiger partial charge < -0.3 is 19.7 Å². The van der Waals surface area contributed by atoms with Crippen molar-refractivity contribution < 1.29 is 19.1 Å². The zero-order valence-electron chi connectivity index (χ0n) is 17.1. The molecule has 2 aromatic rings. The van der Waals surface area contributed by atoms with Gasteiger partial charge in [-0.15, -0.1) is 0 Å². The highest BCUT2D eigenvalue weighted by molar-refractivity contribution is 5.96. The van der Waals surface area contributed by atoms with E-state index in [4.69, 9.17) is 9.47 Å². The number of nitrogens with one attached hydrogen (secondary N) is 1.